The summed E-state index contributed by atoms with van der Waals surface area (Å²) in [4.78, 5) is 0. The van der Waals surface area contributed by atoms with E-state index in [0.29, 0.717) is 0 Å². The van der Waals surface area contributed by atoms with Gasteiger partial charge >= 0.3 is 0 Å². The topological polar surface area (TPSA) is 48.4 Å². The van der Waals surface area contributed by atoms with Crippen molar-refractivity contribution in [2.45, 2.75) is 37.8 Å². The van der Waals surface area contributed by atoms with Crippen LogP contribution < -0.4 is 5.73 Å². The maximum absolute atomic E-state index is 6.16. The van der Waals surface area contributed by atoms with Crippen molar-refractivity contribution in [2.24, 2.45) is 5.73 Å². The van der Waals surface area contributed by atoms with Crippen LogP contribution in [-0.2, 0) is 4.74 Å². The number of hydrogen-bond acceptors (Lipinski definition) is 3. The molecule has 0 aromatic carbocycles. The van der Waals surface area contributed by atoms with Crippen LogP contribution in [-0.4, -0.2) is 12.2 Å². The van der Waals surface area contributed by atoms with Gasteiger partial charge in [-0.1, -0.05) is 0 Å². The molecule has 78 valence electrons. The minimum Gasteiger partial charge on any atom is -0.472 e. The summed E-state index contributed by atoms with van der Waals surface area (Å²) in [6.45, 7) is 2.91. The van der Waals surface area contributed by atoms with E-state index in [1.54, 1.807) is 12.5 Å². The van der Waals surface area contributed by atoms with E-state index in [4.69, 9.17) is 14.9 Å². The van der Waals surface area contributed by atoms with Crippen LogP contribution in [0.4, 0.5) is 0 Å². The van der Waals surface area contributed by atoms with Crippen molar-refractivity contribution in [3.63, 3.8) is 0 Å². The van der Waals surface area contributed by atoms with E-state index in [9.17, 15) is 0 Å². The van der Waals surface area contributed by atoms with Crippen LogP contribution in [0.1, 0.15) is 37.8 Å². The molecule has 1 aromatic heterocycles. The Kier molecular flexibility index (Phi) is 2.61. The molecule has 3 nitrogen and oxygen atoms in total. The van der Waals surface area contributed by atoms with E-state index < -0.39 is 0 Å². The van der Waals surface area contributed by atoms with E-state index in [1.807, 2.05) is 6.07 Å². The van der Waals surface area contributed by atoms with E-state index in [-0.39, 0.29) is 11.6 Å². The van der Waals surface area contributed by atoms with Gasteiger partial charge in [-0.05, 0) is 32.3 Å². The maximum atomic E-state index is 6.16. The molecule has 3 heteroatoms. The Bertz CT molecular complexity index is 275. The first kappa shape index (κ1) is 9.74. The summed E-state index contributed by atoms with van der Waals surface area (Å²) in [5.74, 6) is 0. The van der Waals surface area contributed by atoms with Crippen LogP contribution >= 0.6 is 0 Å². The Labute approximate surface area is 84.2 Å². The van der Waals surface area contributed by atoms with E-state index in [1.165, 1.54) is 6.42 Å². The summed E-state index contributed by atoms with van der Waals surface area (Å²) in [7, 11) is 0. The fraction of sp³-hybridized carbons (Fsp3) is 0.636. The normalized spacial score (nSPS) is 30.1. The molecule has 1 aliphatic rings. The van der Waals surface area contributed by atoms with Crippen molar-refractivity contribution in [1.29, 1.82) is 0 Å². The predicted octanol–water partition coefficient (Wildman–Crippen LogP) is 2.24. The van der Waals surface area contributed by atoms with Gasteiger partial charge in [-0.25, -0.2) is 0 Å². The average Bonchev–Trinajstić information content (AvgIpc) is 2.70. The van der Waals surface area contributed by atoms with Gasteiger partial charge in [-0.3, -0.25) is 0 Å². The zero-order chi connectivity index (χ0) is 10.0. The summed E-state index contributed by atoms with van der Waals surface area (Å²) in [6, 6.07) is 1.83. The van der Waals surface area contributed by atoms with Gasteiger partial charge in [-0.15, -0.1) is 0 Å². The van der Waals surface area contributed by atoms with Crippen LogP contribution in [0.5, 0.6) is 0 Å². The standard InChI is InChI=1S/C11H17NO2/c1-11(5-2-3-6-14-11)10(12)9-4-7-13-8-9/h4,7-8,10H,2-3,5-6,12H2,1H3. The highest BCUT2D eigenvalue weighted by Crippen LogP contribution is 2.34. The Morgan fingerprint density at radius 3 is 2.93 bits per heavy atom. The highest BCUT2D eigenvalue weighted by atomic mass is 16.5. The molecule has 0 bridgehead atoms. The summed E-state index contributed by atoms with van der Waals surface area (Å²) in [6.07, 6.45) is 6.73. The molecule has 2 unspecified atom stereocenters. The van der Waals surface area contributed by atoms with Gasteiger partial charge in [0, 0.05) is 12.2 Å². The van der Waals surface area contributed by atoms with Crippen LogP contribution in [0.2, 0.25) is 0 Å². The molecule has 0 spiro atoms. The molecule has 1 aliphatic heterocycles. The molecular formula is C11H17NO2. The third-order valence-corrected chi connectivity index (χ3v) is 3.06. The van der Waals surface area contributed by atoms with Crippen molar-refractivity contribution in [1.82, 2.24) is 0 Å². The zero-order valence-electron chi connectivity index (χ0n) is 8.53. The second-order valence-electron chi connectivity index (χ2n) is 4.15. The van der Waals surface area contributed by atoms with Crippen molar-refractivity contribution in [2.75, 3.05) is 6.61 Å². The Balaban J connectivity index is 2.13. The molecule has 1 fully saturated rings. The fourth-order valence-electron chi connectivity index (χ4n) is 2.01. The second-order valence-corrected chi connectivity index (χ2v) is 4.15. The lowest BCUT2D eigenvalue weighted by Gasteiger charge is -2.38. The van der Waals surface area contributed by atoms with Crippen LogP contribution in [0, 0.1) is 0 Å². The highest BCUT2D eigenvalue weighted by molar-refractivity contribution is 5.15. The van der Waals surface area contributed by atoms with E-state index in [0.717, 1.165) is 25.0 Å². The zero-order valence-corrected chi connectivity index (χ0v) is 8.53. The first-order chi connectivity index (χ1) is 6.72. The number of nitrogens with two attached hydrogens (primary N) is 1. The van der Waals surface area contributed by atoms with E-state index >= 15 is 0 Å². The lowest BCUT2D eigenvalue weighted by molar-refractivity contribution is -0.0821. The predicted molar refractivity (Wildman–Crippen MR) is 53.8 cm³/mol. The van der Waals surface area contributed by atoms with Crippen molar-refractivity contribution in [3.8, 4) is 0 Å². The molecule has 2 N–H and O–H groups in total. The largest absolute Gasteiger partial charge is 0.472 e. The summed E-state index contributed by atoms with van der Waals surface area (Å²) in [5.41, 5.74) is 6.97. The Morgan fingerprint density at radius 1 is 1.50 bits per heavy atom. The molecule has 2 atom stereocenters. The van der Waals surface area contributed by atoms with Gasteiger partial charge in [0.05, 0.1) is 24.2 Å². The number of rotatable bonds is 2. The lowest BCUT2D eigenvalue weighted by Crippen LogP contribution is -2.43. The smallest absolute Gasteiger partial charge is 0.0951 e. The summed E-state index contributed by atoms with van der Waals surface area (Å²) >= 11 is 0. The van der Waals surface area contributed by atoms with Gasteiger partial charge in [0.15, 0.2) is 0 Å². The molecule has 0 amide bonds. The number of furan rings is 1. The number of hydrogen-bond donors (Lipinski definition) is 1. The van der Waals surface area contributed by atoms with Gasteiger partial charge in [0.1, 0.15) is 0 Å². The molecule has 14 heavy (non-hydrogen) atoms. The summed E-state index contributed by atoms with van der Waals surface area (Å²) < 4.78 is 10.8. The van der Waals surface area contributed by atoms with Gasteiger partial charge in [0.25, 0.3) is 0 Å². The Hall–Kier alpha value is -0.800. The average molecular weight is 195 g/mol. The quantitative estimate of drug-likeness (QED) is 0.787. The van der Waals surface area contributed by atoms with Crippen molar-refractivity contribution < 1.29 is 9.15 Å². The molecule has 0 saturated carbocycles. The first-order valence-electron chi connectivity index (χ1n) is 5.14. The third-order valence-electron chi connectivity index (χ3n) is 3.06. The monoisotopic (exact) mass is 195 g/mol. The van der Waals surface area contributed by atoms with Gasteiger partial charge in [-0.2, -0.15) is 0 Å². The van der Waals surface area contributed by atoms with Crippen LogP contribution in [0.25, 0.3) is 0 Å². The van der Waals surface area contributed by atoms with E-state index in [2.05, 4.69) is 6.92 Å². The maximum Gasteiger partial charge on any atom is 0.0951 e. The van der Waals surface area contributed by atoms with Gasteiger partial charge < -0.3 is 14.9 Å². The van der Waals surface area contributed by atoms with Crippen molar-refractivity contribution in [3.05, 3.63) is 24.2 Å². The molecule has 1 aromatic rings. The molecule has 2 heterocycles. The first-order valence-corrected chi connectivity index (χ1v) is 5.14. The molecule has 2 rings (SSSR count). The minimum atomic E-state index is -0.220. The highest BCUT2D eigenvalue weighted by Gasteiger charge is 2.35. The van der Waals surface area contributed by atoms with Crippen LogP contribution in [0.3, 0.4) is 0 Å². The van der Waals surface area contributed by atoms with Crippen LogP contribution in [0.15, 0.2) is 23.0 Å². The molecule has 0 radical (unpaired) electrons. The SMILES string of the molecule is CC1(C(N)c2ccoc2)CCCCO1. The molecule has 1 saturated heterocycles. The van der Waals surface area contributed by atoms with Gasteiger partial charge in [0.2, 0.25) is 0 Å². The molecular weight excluding hydrogens is 178 g/mol. The minimum absolute atomic E-state index is 0.0819. The fourth-order valence-corrected chi connectivity index (χ4v) is 2.01. The third kappa shape index (κ3) is 1.70. The van der Waals surface area contributed by atoms with Crippen molar-refractivity contribution >= 4 is 0 Å². The Morgan fingerprint density at radius 2 is 2.36 bits per heavy atom. The number of ether oxygens (including phenoxy) is 1. The molecule has 0 aliphatic carbocycles. The summed E-state index contributed by atoms with van der Waals surface area (Å²) in [5, 5.41) is 0. The second kappa shape index (κ2) is 3.75. The lowest BCUT2D eigenvalue weighted by atomic mass is 9.86.